The van der Waals surface area contributed by atoms with Crippen molar-refractivity contribution in [1.82, 2.24) is 4.57 Å². The number of hydrogen-bond donors (Lipinski definition) is 1. The Morgan fingerprint density at radius 3 is 2.56 bits per heavy atom. The van der Waals surface area contributed by atoms with Gasteiger partial charge in [-0.25, -0.2) is 0 Å². The fourth-order valence-electron chi connectivity index (χ4n) is 2.12. The first-order valence-corrected chi connectivity index (χ1v) is 5.76. The molecule has 1 N–H and O–H groups in total. The molecule has 0 aliphatic heterocycles. The summed E-state index contributed by atoms with van der Waals surface area (Å²) in [7, 11) is 0. The maximum atomic E-state index is 10.0. The number of aromatic nitrogens is 1. The van der Waals surface area contributed by atoms with E-state index in [1.165, 1.54) is 16.5 Å². The molecule has 0 aliphatic rings. The van der Waals surface area contributed by atoms with E-state index in [1.54, 1.807) is 0 Å². The van der Waals surface area contributed by atoms with Crippen LogP contribution in [0.1, 0.15) is 31.9 Å². The summed E-state index contributed by atoms with van der Waals surface area (Å²) in [5.41, 5.74) is 2.69. The predicted octanol–water partition coefficient (Wildman–Crippen LogP) is 3.20. The van der Waals surface area contributed by atoms with Crippen LogP contribution in [0.25, 0.3) is 10.9 Å². The number of nitrogens with zero attached hydrogens (tertiary/aromatic N) is 1. The molecule has 0 saturated heterocycles. The lowest BCUT2D eigenvalue weighted by Crippen LogP contribution is -2.15. The highest BCUT2D eigenvalue weighted by molar-refractivity contribution is 5.84. The molecule has 0 amide bonds. The molecule has 0 atom stereocenters. The Morgan fingerprint density at radius 2 is 2.00 bits per heavy atom. The maximum absolute atomic E-state index is 10.0. The fourth-order valence-corrected chi connectivity index (χ4v) is 2.12. The average molecular weight is 217 g/mol. The van der Waals surface area contributed by atoms with Gasteiger partial charge < -0.3 is 9.67 Å². The van der Waals surface area contributed by atoms with Crippen LogP contribution >= 0.6 is 0 Å². The molecule has 0 radical (unpaired) electrons. The second kappa shape index (κ2) is 3.63. The zero-order valence-electron chi connectivity index (χ0n) is 10.4. The molecule has 16 heavy (non-hydrogen) atoms. The van der Waals surface area contributed by atoms with Gasteiger partial charge in [0.1, 0.15) is 0 Å². The van der Waals surface area contributed by atoms with Gasteiger partial charge >= 0.3 is 0 Å². The molecule has 1 aromatic carbocycles. The first-order chi connectivity index (χ1) is 7.43. The molecular weight excluding hydrogens is 198 g/mol. The molecule has 0 fully saturated rings. The molecule has 0 aliphatic carbocycles. The summed E-state index contributed by atoms with van der Waals surface area (Å²) in [4.78, 5) is 0. The van der Waals surface area contributed by atoms with Crippen LogP contribution in [0, 0.1) is 6.92 Å². The van der Waals surface area contributed by atoms with Gasteiger partial charge in [0.05, 0.1) is 5.60 Å². The third-order valence-electron chi connectivity index (χ3n) is 3.13. The van der Waals surface area contributed by atoms with Crippen LogP contribution in [0.5, 0.6) is 0 Å². The van der Waals surface area contributed by atoms with Crippen LogP contribution in [0.3, 0.4) is 0 Å². The van der Waals surface area contributed by atoms with Crippen molar-refractivity contribution in [2.24, 2.45) is 0 Å². The molecule has 0 unspecified atom stereocenters. The van der Waals surface area contributed by atoms with Crippen LogP contribution in [-0.4, -0.2) is 9.67 Å². The Kier molecular flexibility index (Phi) is 2.55. The van der Waals surface area contributed by atoms with Gasteiger partial charge in [0, 0.05) is 23.6 Å². The molecule has 2 heteroatoms. The number of fused-ring (bicyclic) bond motifs is 1. The molecule has 1 aromatic heterocycles. The topological polar surface area (TPSA) is 25.2 Å². The third kappa shape index (κ3) is 1.74. The van der Waals surface area contributed by atoms with Crippen molar-refractivity contribution in [3.8, 4) is 0 Å². The van der Waals surface area contributed by atoms with Gasteiger partial charge in [0.2, 0.25) is 0 Å². The number of benzene rings is 1. The Morgan fingerprint density at radius 1 is 1.31 bits per heavy atom. The summed E-state index contributed by atoms with van der Waals surface area (Å²) in [5, 5.41) is 11.3. The van der Waals surface area contributed by atoms with E-state index in [0.717, 1.165) is 12.1 Å². The minimum absolute atomic E-state index is 0.773. The zero-order chi connectivity index (χ0) is 11.9. The van der Waals surface area contributed by atoms with Gasteiger partial charge in [-0.15, -0.1) is 0 Å². The first kappa shape index (κ1) is 11.2. The summed E-state index contributed by atoms with van der Waals surface area (Å²) in [6, 6.07) is 6.20. The van der Waals surface area contributed by atoms with Crippen molar-refractivity contribution in [3.05, 3.63) is 35.5 Å². The van der Waals surface area contributed by atoms with Gasteiger partial charge in [0.25, 0.3) is 0 Å². The van der Waals surface area contributed by atoms with Gasteiger partial charge in [-0.1, -0.05) is 12.1 Å². The van der Waals surface area contributed by atoms with Crippen LogP contribution in [0.2, 0.25) is 0 Å². The molecule has 2 nitrogen and oxygen atoms in total. The van der Waals surface area contributed by atoms with Crippen LogP contribution in [0.4, 0.5) is 0 Å². The molecule has 86 valence electrons. The summed E-state index contributed by atoms with van der Waals surface area (Å²) >= 11 is 0. The van der Waals surface area contributed by atoms with Gasteiger partial charge in [-0.05, 0) is 44.9 Å². The van der Waals surface area contributed by atoms with Crippen molar-refractivity contribution in [1.29, 1.82) is 0 Å². The van der Waals surface area contributed by atoms with E-state index in [2.05, 4.69) is 36.7 Å². The van der Waals surface area contributed by atoms with E-state index in [-0.39, 0.29) is 0 Å². The second-order valence-corrected chi connectivity index (χ2v) is 4.89. The summed E-state index contributed by atoms with van der Waals surface area (Å²) in [6.45, 7) is 8.86. The van der Waals surface area contributed by atoms with Gasteiger partial charge in [0.15, 0.2) is 0 Å². The largest absolute Gasteiger partial charge is 0.386 e. The zero-order valence-corrected chi connectivity index (χ0v) is 10.4. The molecular formula is C14H19NO. The Balaban J connectivity index is 2.69. The first-order valence-electron chi connectivity index (χ1n) is 5.76. The maximum Gasteiger partial charge on any atom is 0.0841 e. The van der Waals surface area contributed by atoms with E-state index in [9.17, 15) is 5.11 Å². The van der Waals surface area contributed by atoms with E-state index < -0.39 is 5.60 Å². The third-order valence-corrected chi connectivity index (χ3v) is 3.13. The molecule has 2 rings (SSSR count). The SMILES string of the molecule is CCn1cc(C)c2ccc(C(C)(C)O)cc21. The number of hydrogen-bond acceptors (Lipinski definition) is 1. The number of aliphatic hydroxyl groups is 1. The minimum atomic E-state index is -0.773. The lowest BCUT2D eigenvalue weighted by atomic mass is 9.97. The Hall–Kier alpha value is -1.28. The van der Waals surface area contributed by atoms with E-state index in [1.807, 2.05) is 19.9 Å². The van der Waals surface area contributed by atoms with Crippen LogP contribution < -0.4 is 0 Å². The smallest absolute Gasteiger partial charge is 0.0841 e. The summed E-state index contributed by atoms with van der Waals surface area (Å²) < 4.78 is 2.22. The van der Waals surface area contributed by atoms with Crippen molar-refractivity contribution in [3.63, 3.8) is 0 Å². The van der Waals surface area contributed by atoms with E-state index >= 15 is 0 Å². The molecule has 0 saturated carbocycles. The van der Waals surface area contributed by atoms with E-state index in [4.69, 9.17) is 0 Å². The fraction of sp³-hybridized carbons (Fsp3) is 0.429. The van der Waals surface area contributed by atoms with Gasteiger partial charge in [-0.3, -0.25) is 0 Å². The summed E-state index contributed by atoms with van der Waals surface area (Å²) in [6.07, 6.45) is 2.17. The lowest BCUT2D eigenvalue weighted by molar-refractivity contribution is 0.0787. The minimum Gasteiger partial charge on any atom is -0.386 e. The molecule has 2 aromatic rings. The van der Waals surface area contributed by atoms with Crippen molar-refractivity contribution < 1.29 is 5.11 Å². The predicted molar refractivity (Wildman–Crippen MR) is 67.6 cm³/mol. The monoisotopic (exact) mass is 217 g/mol. The second-order valence-electron chi connectivity index (χ2n) is 4.89. The van der Waals surface area contributed by atoms with Crippen LogP contribution in [0.15, 0.2) is 24.4 Å². The Labute approximate surface area is 96.5 Å². The van der Waals surface area contributed by atoms with Gasteiger partial charge in [-0.2, -0.15) is 0 Å². The van der Waals surface area contributed by atoms with Crippen molar-refractivity contribution in [2.75, 3.05) is 0 Å². The van der Waals surface area contributed by atoms with Crippen molar-refractivity contribution >= 4 is 10.9 Å². The standard InChI is InChI=1S/C14H19NO/c1-5-15-9-10(2)12-7-6-11(8-13(12)15)14(3,4)16/h6-9,16H,5H2,1-4H3. The number of aryl methyl sites for hydroxylation is 2. The lowest BCUT2D eigenvalue weighted by Gasteiger charge is -2.18. The highest BCUT2D eigenvalue weighted by Gasteiger charge is 2.17. The molecule has 0 spiro atoms. The normalized spacial score (nSPS) is 12.3. The molecule has 0 bridgehead atoms. The molecule has 1 heterocycles. The van der Waals surface area contributed by atoms with Crippen LogP contribution in [-0.2, 0) is 12.1 Å². The van der Waals surface area contributed by atoms with Crippen molar-refractivity contribution in [2.45, 2.75) is 39.8 Å². The Bertz CT molecular complexity index is 517. The summed E-state index contributed by atoms with van der Waals surface area (Å²) in [5.74, 6) is 0. The highest BCUT2D eigenvalue weighted by atomic mass is 16.3. The highest BCUT2D eigenvalue weighted by Crippen LogP contribution is 2.27. The number of rotatable bonds is 2. The quantitative estimate of drug-likeness (QED) is 0.821. The van der Waals surface area contributed by atoms with E-state index in [0.29, 0.717) is 0 Å². The average Bonchev–Trinajstić information content (AvgIpc) is 2.54.